The minimum atomic E-state index is 1.17. The summed E-state index contributed by atoms with van der Waals surface area (Å²) in [4.78, 5) is 0. The van der Waals surface area contributed by atoms with E-state index in [1.807, 2.05) is 0 Å². The minimum absolute atomic E-state index is 1.17. The highest BCUT2D eigenvalue weighted by molar-refractivity contribution is 9.09. The number of hydrogen-bond donors (Lipinski definition) is 0. The van der Waals surface area contributed by atoms with Crippen LogP contribution in [0.25, 0.3) is 0 Å². The molecule has 0 radical (unpaired) electrons. The van der Waals surface area contributed by atoms with Crippen LogP contribution < -0.4 is 0 Å². The summed E-state index contributed by atoms with van der Waals surface area (Å²) in [5.41, 5.74) is 0. The Bertz CT molecular complexity index is 206. The average molecular weight is 329 g/mol. The van der Waals surface area contributed by atoms with Gasteiger partial charge in [-0.3, -0.25) is 0 Å². The maximum absolute atomic E-state index is 3.48. The molecule has 1 heteroatoms. The molecule has 0 bridgehead atoms. The molecule has 0 aliphatic rings. The standard InChI is InChI=1S/C18H33Br/c1-2-3-4-5-6-7-8-9-10-11-12-13-14-15-16-17-18-19/h7-10H,2-6,11-18H2,1H3. The molecule has 0 aromatic rings. The summed E-state index contributed by atoms with van der Waals surface area (Å²) in [6, 6.07) is 0. The molecule has 0 aliphatic carbocycles. The molecule has 0 fully saturated rings. The van der Waals surface area contributed by atoms with Gasteiger partial charge in [-0.25, -0.2) is 0 Å². The zero-order valence-corrected chi connectivity index (χ0v) is 14.5. The molecule has 19 heavy (non-hydrogen) atoms. The van der Waals surface area contributed by atoms with Crippen LogP contribution in [-0.2, 0) is 0 Å². The van der Waals surface area contributed by atoms with Crippen LogP contribution in [0.1, 0.15) is 84.0 Å². The highest BCUT2D eigenvalue weighted by atomic mass is 79.9. The molecule has 0 N–H and O–H groups in total. The third kappa shape index (κ3) is 18.0. The number of rotatable bonds is 14. The Hall–Kier alpha value is -0.0400. The molecular weight excluding hydrogens is 296 g/mol. The molecule has 0 nitrogen and oxygen atoms in total. The number of hydrogen-bond acceptors (Lipinski definition) is 0. The number of halogens is 1. The summed E-state index contributed by atoms with van der Waals surface area (Å²) in [6.45, 7) is 2.26. The molecule has 112 valence electrons. The van der Waals surface area contributed by atoms with Crippen molar-refractivity contribution < 1.29 is 0 Å². The summed E-state index contributed by atoms with van der Waals surface area (Å²) >= 11 is 3.48. The fourth-order valence-corrected chi connectivity index (χ4v) is 2.50. The molecule has 0 atom stereocenters. The van der Waals surface area contributed by atoms with E-state index in [1.165, 1.54) is 82.4 Å². The van der Waals surface area contributed by atoms with E-state index >= 15 is 0 Å². The smallest absolute Gasteiger partial charge is 0.00313 e. The van der Waals surface area contributed by atoms with E-state index in [9.17, 15) is 0 Å². The summed E-state index contributed by atoms with van der Waals surface area (Å²) in [6.07, 6.45) is 25.3. The number of allylic oxidation sites excluding steroid dienone is 4. The van der Waals surface area contributed by atoms with Crippen molar-refractivity contribution in [2.75, 3.05) is 5.33 Å². The number of alkyl halides is 1. The van der Waals surface area contributed by atoms with Gasteiger partial charge in [-0.2, -0.15) is 0 Å². The lowest BCUT2D eigenvalue weighted by Gasteiger charge is -1.98. The van der Waals surface area contributed by atoms with Crippen LogP contribution in [0.2, 0.25) is 0 Å². The quantitative estimate of drug-likeness (QED) is 0.180. The Morgan fingerprint density at radius 2 is 1.11 bits per heavy atom. The van der Waals surface area contributed by atoms with Gasteiger partial charge in [-0.1, -0.05) is 92.1 Å². The third-order valence-electron chi connectivity index (χ3n) is 3.36. The maximum atomic E-state index is 3.48. The van der Waals surface area contributed by atoms with Gasteiger partial charge in [0.05, 0.1) is 0 Å². The zero-order chi connectivity index (χ0) is 14.0. The van der Waals surface area contributed by atoms with Crippen molar-refractivity contribution in [3.05, 3.63) is 24.3 Å². The van der Waals surface area contributed by atoms with Gasteiger partial charge in [0, 0.05) is 5.33 Å². The molecule has 0 heterocycles. The lowest BCUT2D eigenvalue weighted by molar-refractivity contribution is 0.614. The second kappa shape index (κ2) is 18.0. The molecule has 0 rings (SSSR count). The molecule has 0 aromatic heterocycles. The molecule has 0 aromatic carbocycles. The van der Waals surface area contributed by atoms with Gasteiger partial charge in [0.1, 0.15) is 0 Å². The molecule has 0 amide bonds. The predicted octanol–water partition coefficient (Wildman–Crippen LogP) is 7.19. The van der Waals surface area contributed by atoms with Crippen molar-refractivity contribution in [1.29, 1.82) is 0 Å². The topological polar surface area (TPSA) is 0 Å². The molecule has 0 saturated carbocycles. The van der Waals surface area contributed by atoms with Gasteiger partial charge in [-0.15, -0.1) is 0 Å². The van der Waals surface area contributed by atoms with Crippen molar-refractivity contribution in [1.82, 2.24) is 0 Å². The van der Waals surface area contributed by atoms with E-state index in [0.717, 1.165) is 0 Å². The first-order valence-corrected chi connectivity index (χ1v) is 9.41. The summed E-state index contributed by atoms with van der Waals surface area (Å²) in [5, 5.41) is 1.17. The second-order valence-corrected chi connectivity index (χ2v) is 6.10. The van der Waals surface area contributed by atoms with Crippen LogP contribution in [0.3, 0.4) is 0 Å². The average Bonchev–Trinajstić information content (AvgIpc) is 2.43. The summed E-state index contributed by atoms with van der Waals surface area (Å²) < 4.78 is 0. The minimum Gasteiger partial charge on any atom is -0.0928 e. The van der Waals surface area contributed by atoms with Crippen LogP contribution in [-0.4, -0.2) is 5.33 Å². The first kappa shape index (κ1) is 19.0. The van der Waals surface area contributed by atoms with E-state index < -0.39 is 0 Å². The highest BCUT2D eigenvalue weighted by Crippen LogP contribution is 2.08. The largest absolute Gasteiger partial charge is 0.0928 e. The van der Waals surface area contributed by atoms with Gasteiger partial charge >= 0.3 is 0 Å². The lowest BCUT2D eigenvalue weighted by atomic mass is 10.1. The summed E-state index contributed by atoms with van der Waals surface area (Å²) in [7, 11) is 0. The molecule has 0 unspecified atom stereocenters. The van der Waals surface area contributed by atoms with Gasteiger partial charge < -0.3 is 0 Å². The monoisotopic (exact) mass is 328 g/mol. The number of unbranched alkanes of at least 4 members (excludes halogenated alkanes) is 10. The van der Waals surface area contributed by atoms with Crippen LogP contribution in [0.4, 0.5) is 0 Å². The fourth-order valence-electron chi connectivity index (χ4n) is 2.10. The summed E-state index contributed by atoms with van der Waals surface area (Å²) in [5.74, 6) is 0. The van der Waals surface area contributed by atoms with E-state index in [1.54, 1.807) is 0 Å². The second-order valence-electron chi connectivity index (χ2n) is 5.30. The zero-order valence-electron chi connectivity index (χ0n) is 12.9. The van der Waals surface area contributed by atoms with Crippen molar-refractivity contribution in [2.45, 2.75) is 84.0 Å². The third-order valence-corrected chi connectivity index (χ3v) is 3.92. The Morgan fingerprint density at radius 3 is 1.63 bits per heavy atom. The first-order valence-electron chi connectivity index (χ1n) is 8.29. The van der Waals surface area contributed by atoms with Gasteiger partial charge in [0.2, 0.25) is 0 Å². The Morgan fingerprint density at radius 1 is 0.632 bits per heavy atom. The van der Waals surface area contributed by atoms with E-state index in [4.69, 9.17) is 0 Å². The molecular formula is C18H33Br. The highest BCUT2D eigenvalue weighted by Gasteiger charge is 1.89. The lowest BCUT2D eigenvalue weighted by Crippen LogP contribution is -1.80. The molecule has 0 saturated heterocycles. The fraction of sp³-hybridized carbons (Fsp3) is 0.778. The van der Waals surface area contributed by atoms with E-state index in [2.05, 4.69) is 47.2 Å². The van der Waals surface area contributed by atoms with Crippen LogP contribution in [0.5, 0.6) is 0 Å². The van der Waals surface area contributed by atoms with Gasteiger partial charge in [0.25, 0.3) is 0 Å². The van der Waals surface area contributed by atoms with Crippen molar-refractivity contribution in [2.24, 2.45) is 0 Å². The van der Waals surface area contributed by atoms with Crippen molar-refractivity contribution in [3.8, 4) is 0 Å². The molecule has 0 spiro atoms. The normalized spacial score (nSPS) is 11.9. The van der Waals surface area contributed by atoms with E-state index in [0.29, 0.717) is 0 Å². The molecule has 0 aliphatic heterocycles. The van der Waals surface area contributed by atoms with Crippen molar-refractivity contribution in [3.63, 3.8) is 0 Å². The Balaban J connectivity index is 3.14. The predicted molar refractivity (Wildman–Crippen MR) is 93.2 cm³/mol. The van der Waals surface area contributed by atoms with Crippen LogP contribution >= 0.6 is 15.9 Å². The van der Waals surface area contributed by atoms with Crippen LogP contribution in [0, 0.1) is 0 Å². The Kier molecular flexibility index (Phi) is 17.9. The van der Waals surface area contributed by atoms with Crippen molar-refractivity contribution >= 4 is 15.9 Å². The van der Waals surface area contributed by atoms with E-state index in [-0.39, 0.29) is 0 Å². The first-order chi connectivity index (χ1) is 9.41. The van der Waals surface area contributed by atoms with Crippen LogP contribution in [0.15, 0.2) is 24.3 Å². The maximum Gasteiger partial charge on any atom is 0.00313 e. The van der Waals surface area contributed by atoms with Gasteiger partial charge in [0.15, 0.2) is 0 Å². The SMILES string of the molecule is CCCCCCC=CC=CCCCCCCCCBr. The Labute approximate surface area is 129 Å². The van der Waals surface area contributed by atoms with Gasteiger partial charge in [-0.05, 0) is 32.1 Å².